The van der Waals surface area contributed by atoms with Gasteiger partial charge in [0.05, 0.1) is 6.54 Å². The molecule has 20 heavy (non-hydrogen) atoms. The number of nitrogens with zero attached hydrogens (tertiary/aromatic N) is 2. The van der Waals surface area contributed by atoms with Crippen LogP contribution in [-0.4, -0.2) is 42.5 Å². The first kappa shape index (κ1) is 14.5. The van der Waals surface area contributed by atoms with Gasteiger partial charge in [0.25, 0.3) is 0 Å². The first-order valence-corrected chi connectivity index (χ1v) is 6.54. The van der Waals surface area contributed by atoms with Gasteiger partial charge in [0, 0.05) is 11.7 Å². The summed E-state index contributed by atoms with van der Waals surface area (Å²) in [7, 11) is 0. The van der Waals surface area contributed by atoms with E-state index in [1.807, 2.05) is 13.8 Å². The molecular weight excluding hydrogens is 261 g/mol. The van der Waals surface area contributed by atoms with E-state index in [0.29, 0.717) is 5.69 Å². The fourth-order valence-corrected chi connectivity index (χ4v) is 1.97. The summed E-state index contributed by atoms with van der Waals surface area (Å²) < 4.78 is 12.9. The molecule has 0 unspecified atom stereocenters. The second-order valence-corrected chi connectivity index (χ2v) is 5.07. The fraction of sp³-hybridized carbons (Fsp3) is 0.429. The highest BCUT2D eigenvalue weighted by atomic mass is 19.1. The molecule has 0 radical (unpaired) electrons. The SMILES string of the molecule is CC(C)NCC(=O)N1CC(=O)N(c2ccc(F)cc2)C1. The van der Waals surface area contributed by atoms with E-state index in [0.717, 1.165) is 0 Å². The first-order chi connectivity index (χ1) is 9.47. The molecule has 1 N–H and O–H groups in total. The van der Waals surface area contributed by atoms with E-state index in [1.54, 1.807) is 0 Å². The van der Waals surface area contributed by atoms with Crippen LogP contribution < -0.4 is 10.2 Å². The minimum atomic E-state index is -0.352. The van der Waals surface area contributed by atoms with Crippen molar-refractivity contribution >= 4 is 17.5 Å². The molecule has 0 aromatic heterocycles. The molecule has 5 nitrogen and oxygen atoms in total. The van der Waals surface area contributed by atoms with Gasteiger partial charge in [0.1, 0.15) is 19.0 Å². The number of halogens is 1. The Hall–Kier alpha value is -1.95. The highest BCUT2D eigenvalue weighted by Gasteiger charge is 2.31. The van der Waals surface area contributed by atoms with Crippen molar-refractivity contribution in [3.05, 3.63) is 30.1 Å². The Labute approximate surface area is 117 Å². The molecule has 0 spiro atoms. The summed E-state index contributed by atoms with van der Waals surface area (Å²) >= 11 is 0. The molecule has 0 aliphatic carbocycles. The summed E-state index contributed by atoms with van der Waals surface area (Å²) in [5.74, 6) is -0.624. The maximum atomic E-state index is 12.9. The Bertz CT molecular complexity index is 502. The third kappa shape index (κ3) is 3.33. The highest BCUT2D eigenvalue weighted by Crippen LogP contribution is 2.19. The Morgan fingerprint density at radius 3 is 2.60 bits per heavy atom. The molecule has 1 heterocycles. The van der Waals surface area contributed by atoms with Crippen molar-refractivity contribution in [3.8, 4) is 0 Å². The van der Waals surface area contributed by atoms with Gasteiger partial charge >= 0.3 is 0 Å². The molecular formula is C14H18FN3O2. The lowest BCUT2D eigenvalue weighted by molar-refractivity contribution is -0.130. The minimum absolute atomic E-state index is 0.0655. The number of rotatable bonds is 4. The Balaban J connectivity index is 2.00. The van der Waals surface area contributed by atoms with Crippen molar-refractivity contribution in [2.75, 3.05) is 24.7 Å². The Morgan fingerprint density at radius 2 is 2.00 bits per heavy atom. The van der Waals surface area contributed by atoms with Crippen molar-refractivity contribution in [3.63, 3.8) is 0 Å². The van der Waals surface area contributed by atoms with Crippen LogP contribution in [0.3, 0.4) is 0 Å². The minimum Gasteiger partial charge on any atom is -0.314 e. The zero-order valence-corrected chi connectivity index (χ0v) is 11.6. The van der Waals surface area contributed by atoms with Crippen molar-refractivity contribution in [2.45, 2.75) is 19.9 Å². The summed E-state index contributed by atoms with van der Waals surface area (Å²) in [6.45, 7) is 4.39. The van der Waals surface area contributed by atoms with Gasteiger partial charge in [-0.25, -0.2) is 4.39 Å². The normalized spacial score (nSPS) is 15.3. The molecule has 0 bridgehead atoms. The van der Waals surface area contributed by atoms with Crippen LogP contribution in [0.25, 0.3) is 0 Å². The van der Waals surface area contributed by atoms with E-state index in [9.17, 15) is 14.0 Å². The Morgan fingerprint density at radius 1 is 1.35 bits per heavy atom. The summed E-state index contributed by atoms with van der Waals surface area (Å²) in [6.07, 6.45) is 0. The first-order valence-electron chi connectivity index (χ1n) is 6.54. The van der Waals surface area contributed by atoms with Crippen LogP contribution in [0, 0.1) is 5.82 Å². The van der Waals surface area contributed by atoms with Crippen LogP contribution >= 0.6 is 0 Å². The molecule has 0 atom stereocenters. The summed E-state index contributed by atoms with van der Waals surface area (Å²) in [5.41, 5.74) is 0.600. The van der Waals surface area contributed by atoms with Gasteiger partial charge in [0.2, 0.25) is 11.8 Å². The van der Waals surface area contributed by atoms with Crippen LogP contribution in [0.15, 0.2) is 24.3 Å². The predicted molar refractivity (Wildman–Crippen MR) is 73.6 cm³/mol. The molecule has 1 saturated heterocycles. The lowest BCUT2D eigenvalue weighted by Gasteiger charge is -2.19. The molecule has 108 valence electrons. The summed E-state index contributed by atoms with van der Waals surface area (Å²) in [6, 6.07) is 5.88. The molecule has 1 aromatic rings. The topological polar surface area (TPSA) is 52.7 Å². The molecule has 2 amide bonds. The molecule has 1 fully saturated rings. The fourth-order valence-electron chi connectivity index (χ4n) is 1.97. The van der Waals surface area contributed by atoms with Crippen molar-refractivity contribution in [1.29, 1.82) is 0 Å². The van der Waals surface area contributed by atoms with Gasteiger partial charge in [-0.05, 0) is 24.3 Å². The van der Waals surface area contributed by atoms with Crippen LogP contribution in [0.2, 0.25) is 0 Å². The number of nitrogens with one attached hydrogen (secondary N) is 1. The third-order valence-corrected chi connectivity index (χ3v) is 3.09. The van der Waals surface area contributed by atoms with Crippen molar-refractivity contribution < 1.29 is 14.0 Å². The third-order valence-electron chi connectivity index (χ3n) is 3.09. The number of hydrogen-bond acceptors (Lipinski definition) is 3. The average molecular weight is 279 g/mol. The van der Waals surface area contributed by atoms with E-state index in [2.05, 4.69) is 5.32 Å². The van der Waals surface area contributed by atoms with Gasteiger partial charge in [-0.2, -0.15) is 0 Å². The zero-order chi connectivity index (χ0) is 14.7. The Kier molecular flexibility index (Phi) is 4.34. The number of benzene rings is 1. The molecule has 1 aliphatic rings. The molecule has 6 heteroatoms. The number of hydrogen-bond donors (Lipinski definition) is 1. The van der Waals surface area contributed by atoms with Crippen LogP contribution in [0.1, 0.15) is 13.8 Å². The molecule has 2 rings (SSSR count). The quantitative estimate of drug-likeness (QED) is 0.893. The lowest BCUT2D eigenvalue weighted by atomic mass is 10.3. The molecule has 0 saturated carbocycles. The van der Waals surface area contributed by atoms with E-state index in [4.69, 9.17) is 0 Å². The predicted octanol–water partition coefficient (Wildman–Crippen LogP) is 0.956. The molecule has 1 aromatic carbocycles. The zero-order valence-electron chi connectivity index (χ0n) is 11.6. The standard InChI is InChI=1S/C14H18FN3O2/c1-10(2)16-7-13(19)17-8-14(20)18(9-17)12-5-3-11(15)4-6-12/h3-6,10,16H,7-9H2,1-2H3. The maximum absolute atomic E-state index is 12.9. The van der Waals surface area contributed by atoms with Crippen molar-refractivity contribution in [1.82, 2.24) is 10.2 Å². The number of carbonyl (C=O) groups is 2. The largest absolute Gasteiger partial charge is 0.314 e. The van der Waals surface area contributed by atoms with E-state index < -0.39 is 0 Å². The van der Waals surface area contributed by atoms with Crippen LogP contribution in [0.5, 0.6) is 0 Å². The summed E-state index contributed by atoms with van der Waals surface area (Å²) in [4.78, 5) is 26.8. The van der Waals surface area contributed by atoms with Gasteiger partial charge in [0.15, 0.2) is 0 Å². The number of anilines is 1. The van der Waals surface area contributed by atoms with Gasteiger partial charge < -0.3 is 10.2 Å². The van der Waals surface area contributed by atoms with Crippen molar-refractivity contribution in [2.24, 2.45) is 0 Å². The average Bonchev–Trinajstić information content (AvgIpc) is 2.79. The number of amides is 2. The highest BCUT2D eigenvalue weighted by molar-refractivity contribution is 6.00. The lowest BCUT2D eigenvalue weighted by Crippen LogP contribution is -2.39. The van der Waals surface area contributed by atoms with Gasteiger partial charge in [-0.1, -0.05) is 13.8 Å². The van der Waals surface area contributed by atoms with E-state index >= 15 is 0 Å². The van der Waals surface area contributed by atoms with Gasteiger partial charge in [-0.3, -0.25) is 14.5 Å². The van der Waals surface area contributed by atoms with Gasteiger partial charge in [-0.15, -0.1) is 0 Å². The number of carbonyl (C=O) groups excluding carboxylic acids is 2. The maximum Gasteiger partial charge on any atom is 0.248 e. The monoisotopic (exact) mass is 279 g/mol. The van der Waals surface area contributed by atoms with Crippen LogP contribution in [-0.2, 0) is 9.59 Å². The second-order valence-electron chi connectivity index (χ2n) is 5.07. The molecule has 1 aliphatic heterocycles. The van der Waals surface area contributed by atoms with Crippen LogP contribution in [0.4, 0.5) is 10.1 Å². The van der Waals surface area contributed by atoms with E-state index in [1.165, 1.54) is 34.1 Å². The van der Waals surface area contributed by atoms with E-state index in [-0.39, 0.29) is 43.4 Å². The smallest absolute Gasteiger partial charge is 0.248 e. The summed E-state index contributed by atoms with van der Waals surface area (Å²) in [5, 5.41) is 3.03. The second kappa shape index (κ2) is 6.00.